The van der Waals surface area contributed by atoms with Crippen LogP contribution in [0.3, 0.4) is 0 Å². The summed E-state index contributed by atoms with van der Waals surface area (Å²) >= 11 is 0. The Hall–Kier alpha value is -3.74. The predicted molar refractivity (Wildman–Crippen MR) is 110 cm³/mol. The molecule has 3 aromatic rings. The summed E-state index contributed by atoms with van der Waals surface area (Å²) in [7, 11) is 0. The van der Waals surface area contributed by atoms with E-state index in [0.29, 0.717) is 23.5 Å². The van der Waals surface area contributed by atoms with E-state index in [1.807, 2.05) is 38.1 Å². The van der Waals surface area contributed by atoms with Crippen LogP contribution in [0.2, 0.25) is 0 Å². The Bertz CT molecular complexity index is 990. The van der Waals surface area contributed by atoms with Crippen molar-refractivity contribution in [3.8, 4) is 5.75 Å². The van der Waals surface area contributed by atoms with Gasteiger partial charge in [-0.25, -0.2) is 0 Å². The molecule has 0 unspecified atom stereocenters. The molecular formula is C22H22N4O3. The fraction of sp³-hybridized carbons (Fsp3) is 0.182. The molecular weight excluding hydrogens is 368 g/mol. The van der Waals surface area contributed by atoms with Crippen molar-refractivity contribution in [3.63, 3.8) is 0 Å². The summed E-state index contributed by atoms with van der Waals surface area (Å²) in [6.45, 7) is 4.11. The minimum atomic E-state index is -0.427. The van der Waals surface area contributed by atoms with Gasteiger partial charge in [-0.3, -0.25) is 19.6 Å². The van der Waals surface area contributed by atoms with Gasteiger partial charge in [-0.05, 0) is 50.2 Å². The lowest BCUT2D eigenvalue weighted by Crippen LogP contribution is -2.24. The molecule has 2 heterocycles. The maximum atomic E-state index is 12.6. The molecule has 0 spiro atoms. The van der Waals surface area contributed by atoms with E-state index >= 15 is 0 Å². The minimum absolute atomic E-state index is 0.0303. The molecule has 29 heavy (non-hydrogen) atoms. The van der Waals surface area contributed by atoms with Gasteiger partial charge in [-0.2, -0.15) is 0 Å². The van der Waals surface area contributed by atoms with Gasteiger partial charge in [0.15, 0.2) is 0 Å². The smallest absolute Gasteiger partial charge is 0.274 e. The number of benzene rings is 1. The summed E-state index contributed by atoms with van der Waals surface area (Å²) in [6, 6.07) is 15.7. The second-order valence-electron chi connectivity index (χ2n) is 6.55. The number of nitrogens with zero attached hydrogens (tertiary/aromatic N) is 2. The highest BCUT2D eigenvalue weighted by atomic mass is 16.5. The van der Waals surface area contributed by atoms with Gasteiger partial charge in [0.05, 0.1) is 24.0 Å². The minimum Gasteiger partial charge on any atom is -0.489 e. The Morgan fingerprint density at radius 3 is 2.52 bits per heavy atom. The summed E-state index contributed by atoms with van der Waals surface area (Å²) in [4.78, 5) is 33.3. The quantitative estimate of drug-likeness (QED) is 0.645. The third kappa shape index (κ3) is 5.62. The van der Waals surface area contributed by atoms with E-state index in [0.717, 1.165) is 5.69 Å². The number of amides is 2. The lowest BCUT2D eigenvalue weighted by Gasteiger charge is -2.14. The molecule has 2 N–H and O–H groups in total. The van der Waals surface area contributed by atoms with Gasteiger partial charge >= 0.3 is 0 Å². The molecule has 148 valence electrons. The highest BCUT2D eigenvalue weighted by molar-refractivity contribution is 6.05. The van der Waals surface area contributed by atoms with Gasteiger partial charge in [0.1, 0.15) is 11.4 Å². The van der Waals surface area contributed by atoms with Gasteiger partial charge in [-0.15, -0.1) is 0 Å². The molecule has 0 bridgehead atoms. The Balaban J connectivity index is 1.69. The van der Waals surface area contributed by atoms with E-state index in [4.69, 9.17) is 4.74 Å². The van der Waals surface area contributed by atoms with Crippen molar-refractivity contribution in [2.75, 3.05) is 5.32 Å². The molecule has 0 aliphatic carbocycles. The molecule has 2 amide bonds. The standard InChI is InChI=1S/C22H22N4O3/c1-15(2)29-20-9-4-3-8-18(20)26-22(28)19-13-16(10-12-24-19)21(27)25-14-17-7-5-6-11-23-17/h3-13,15H,14H2,1-2H3,(H,25,27)(H,26,28). The molecule has 3 rings (SSSR count). The third-order valence-corrected chi connectivity index (χ3v) is 3.91. The van der Waals surface area contributed by atoms with Crippen molar-refractivity contribution < 1.29 is 14.3 Å². The summed E-state index contributed by atoms with van der Waals surface area (Å²) in [5.41, 5.74) is 1.76. The van der Waals surface area contributed by atoms with Crippen LogP contribution >= 0.6 is 0 Å². The Morgan fingerprint density at radius 1 is 0.966 bits per heavy atom. The molecule has 0 radical (unpaired) electrons. The Morgan fingerprint density at radius 2 is 1.76 bits per heavy atom. The molecule has 0 saturated carbocycles. The number of aromatic nitrogens is 2. The molecule has 0 atom stereocenters. The van der Waals surface area contributed by atoms with E-state index in [2.05, 4.69) is 20.6 Å². The number of anilines is 1. The molecule has 2 aromatic heterocycles. The van der Waals surface area contributed by atoms with Crippen LogP contribution in [0.1, 0.15) is 40.4 Å². The first-order chi connectivity index (χ1) is 14.0. The number of para-hydroxylation sites is 2. The van der Waals surface area contributed by atoms with Crippen molar-refractivity contribution in [2.45, 2.75) is 26.5 Å². The van der Waals surface area contributed by atoms with Gasteiger partial charge < -0.3 is 15.4 Å². The van der Waals surface area contributed by atoms with Crippen molar-refractivity contribution in [1.29, 1.82) is 0 Å². The molecule has 7 heteroatoms. The van der Waals surface area contributed by atoms with Crippen molar-refractivity contribution in [1.82, 2.24) is 15.3 Å². The molecule has 0 saturated heterocycles. The number of hydrogen-bond acceptors (Lipinski definition) is 5. The molecule has 0 aliphatic rings. The van der Waals surface area contributed by atoms with Gasteiger partial charge in [0, 0.05) is 18.0 Å². The second kappa shape index (κ2) is 9.45. The maximum absolute atomic E-state index is 12.6. The van der Waals surface area contributed by atoms with Crippen LogP contribution in [0, 0.1) is 0 Å². The zero-order valence-electron chi connectivity index (χ0n) is 16.3. The summed E-state index contributed by atoms with van der Waals surface area (Å²) in [5.74, 6) is -0.167. The fourth-order valence-electron chi connectivity index (χ4n) is 2.58. The van der Waals surface area contributed by atoms with Crippen LogP contribution in [0.25, 0.3) is 0 Å². The number of ether oxygens (including phenoxy) is 1. The third-order valence-electron chi connectivity index (χ3n) is 3.91. The molecule has 0 aliphatic heterocycles. The topological polar surface area (TPSA) is 93.2 Å². The predicted octanol–water partition coefficient (Wildman–Crippen LogP) is 3.45. The van der Waals surface area contributed by atoms with E-state index in [1.165, 1.54) is 12.3 Å². The number of hydrogen-bond donors (Lipinski definition) is 2. The van der Waals surface area contributed by atoms with E-state index in [-0.39, 0.29) is 17.7 Å². The second-order valence-corrected chi connectivity index (χ2v) is 6.55. The van der Waals surface area contributed by atoms with Crippen molar-refractivity contribution in [3.05, 3.63) is 83.9 Å². The highest BCUT2D eigenvalue weighted by Crippen LogP contribution is 2.25. The average molecular weight is 390 g/mol. The molecule has 1 aromatic carbocycles. The fourth-order valence-corrected chi connectivity index (χ4v) is 2.58. The zero-order valence-corrected chi connectivity index (χ0v) is 16.3. The first-order valence-corrected chi connectivity index (χ1v) is 9.24. The molecule has 7 nitrogen and oxygen atoms in total. The van der Waals surface area contributed by atoms with Crippen LogP contribution in [0.5, 0.6) is 5.75 Å². The maximum Gasteiger partial charge on any atom is 0.274 e. The Kier molecular flexibility index (Phi) is 6.52. The van der Waals surface area contributed by atoms with E-state index in [1.54, 1.807) is 30.5 Å². The number of nitrogens with one attached hydrogen (secondary N) is 2. The Labute approximate surface area is 169 Å². The zero-order chi connectivity index (χ0) is 20.6. The monoisotopic (exact) mass is 390 g/mol. The van der Waals surface area contributed by atoms with Crippen molar-refractivity contribution in [2.24, 2.45) is 0 Å². The first-order valence-electron chi connectivity index (χ1n) is 9.24. The number of rotatable bonds is 7. The first kappa shape index (κ1) is 20.0. The normalized spacial score (nSPS) is 10.4. The number of pyridine rings is 2. The van der Waals surface area contributed by atoms with Crippen LogP contribution < -0.4 is 15.4 Å². The van der Waals surface area contributed by atoms with E-state index < -0.39 is 5.91 Å². The van der Waals surface area contributed by atoms with Crippen LogP contribution in [-0.4, -0.2) is 27.9 Å². The summed E-state index contributed by atoms with van der Waals surface area (Å²) in [5, 5.41) is 5.57. The van der Waals surface area contributed by atoms with Gasteiger partial charge in [-0.1, -0.05) is 18.2 Å². The highest BCUT2D eigenvalue weighted by Gasteiger charge is 2.14. The van der Waals surface area contributed by atoms with Crippen LogP contribution in [-0.2, 0) is 6.54 Å². The average Bonchev–Trinajstić information content (AvgIpc) is 2.74. The number of carbonyl (C=O) groups excluding carboxylic acids is 2. The summed E-state index contributed by atoms with van der Waals surface area (Å²) < 4.78 is 5.71. The lowest BCUT2D eigenvalue weighted by atomic mass is 10.2. The largest absolute Gasteiger partial charge is 0.489 e. The summed E-state index contributed by atoms with van der Waals surface area (Å²) in [6.07, 6.45) is 3.07. The van der Waals surface area contributed by atoms with Gasteiger partial charge in [0.25, 0.3) is 11.8 Å². The number of carbonyl (C=O) groups is 2. The van der Waals surface area contributed by atoms with Crippen LogP contribution in [0.15, 0.2) is 67.0 Å². The van der Waals surface area contributed by atoms with E-state index in [9.17, 15) is 9.59 Å². The lowest BCUT2D eigenvalue weighted by molar-refractivity contribution is 0.0950. The van der Waals surface area contributed by atoms with Gasteiger partial charge in [0.2, 0.25) is 0 Å². The molecule has 0 fully saturated rings. The SMILES string of the molecule is CC(C)Oc1ccccc1NC(=O)c1cc(C(=O)NCc2ccccn2)ccn1. The van der Waals surface area contributed by atoms with Crippen LogP contribution in [0.4, 0.5) is 5.69 Å². The van der Waals surface area contributed by atoms with Crippen molar-refractivity contribution >= 4 is 17.5 Å².